The van der Waals surface area contributed by atoms with Gasteiger partial charge in [0.1, 0.15) is 11.9 Å². The topological polar surface area (TPSA) is 107 Å². The second kappa shape index (κ2) is 7.02. The normalized spacial score (nSPS) is 13.6. The van der Waals surface area contributed by atoms with Gasteiger partial charge in [0.15, 0.2) is 5.78 Å². The Balaban J connectivity index is 2.76. The van der Waals surface area contributed by atoms with Crippen molar-refractivity contribution in [3.8, 4) is 5.75 Å². The van der Waals surface area contributed by atoms with Crippen molar-refractivity contribution >= 4 is 11.7 Å². The van der Waals surface area contributed by atoms with Crippen LogP contribution in [0.3, 0.4) is 0 Å². The molecule has 0 aliphatic rings. The zero-order chi connectivity index (χ0) is 15.3. The number of hydrogen-bond acceptors (Lipinski definition) is 5. The molecule has 0 aliphatic carbocycles. The summed E-state index contributed by atoms with van der Waals surface area (Å²) in [5.74, 6) is -0.708. The fourth-order valence-electron chi connectivity index (χ4n) is 1.80. The fraction of sp³-hybridized carbons (Fsp3) is 0.429. The van der Waals surface area contributed by atoms with Crippen molar-refractivity contribution in [1.29, 1.82) is 0 Å². The van der Waals surface area contributed by atoms with Crippen LogP contribution < -0.4 is 5.32 Å². The molecule has 20 heavy (non-hydrogen) atoms. The van der Waals surface area contributed by atoms with Gasteiger partial charge in [0.25, 0.3) is 0 Å². The maximum atomic E-state index is 11.3. The molecule has 2 atom stereocenters. The summed E-state index contributed by atoms with van der Waals surface area (Å²) in [6.07, 6.45) is -2.09. The number of hydrogen-bond donors (Lipinski definition) is 4. The van der Waals surface area contributed by atoms with E-state index in [4.69, 9.17) is 0 Å². The third-order valence-corrected chi connectivity index (χ3v) is 2.92. The van der Waals surface area contributed by atoms with E-state index in [0.29, 0.717) is 5.56 Å². The molecule has 0 saturated carbocycles. The van der Waals surface area contributed by atoms with Gasteiger partial charge in [-0.15, -0.1) is 0 Å². The maximum absolute atomic E-state index is 11.3. The second-order valence-corrected chi connectivity index (χ2v) is 4.62. The predicted molar refractivity (Wildman–Crippen MR) is 72.4 cm³/mol. The van der Waals surface area contributed by atoms with Crippen molar-refractivity contribution in [2.75, 3.05) is 6.54 Å². The van der Waals surface area contributed by atoms with Gasteiger partial charge in [-0.1, -0.05) is 6.07 Å². The highest BCUT2D eigenvalue weighted by atomic mass is 16.3. The number of aliphatic hydroxyl groups is 2. The molecule has 0 saturated heterocycles. The van der Waals surface area contributed by atoms with Crippen LogP contribution in [0.5, 0.6) is 5.75 Å². The number of nitrogens with one attached hydrogen (secondary N) is 1. The molecule has 110 valence electrons. The fourth-order valence-corrected chi connectivity index (χ4v) is 1.80. The third-order valence-electron chi connectivity index (χ3n) is 2.92. The summed E-state index contributed by atoms with van der Waals surface area (Å²) in [6.45, 7) is 2.91. The molecule has 1 aromatic rings. The average molecular weight is 281 g/mol. The number of phenolic OH excluding ortho intramolecular Hbond substituents is 1. The van der Waals surface area contributed by atoms with Crippen molar-refractivity contribution in [1.82, 2.24) is 5.32 Å². The Labute approximate surface area is 117 Å². The van der Waals surface area contributed by atoms with Gasteiger partial charge >= 0.3 is 0 Å². The standard InChI is InChI=1S/C14H19NO5/c1-8(16)11-7-10(3-4-12(11)18)14(20)13(19)5-6-15-9(2)17/h3-4,7,13-14,18-20H,5-6H2,1-2H3,(H,15,17). The van der Waals surface area contributed by atoms with Crippen LogP contribution in [0.1, 0.15) is 42.3 Å². The first kappa shape index (κ1) is 16.1. The van der Waals surface area contributed by atoms with Gasteiger partial charge in [-0.05, 0) is 31.0 Å². The molecular formula is C14H19NO5. The number of benzene rings is 1. The van der Waals surface area contributed by atoms with E-state index in [1.54, 1.807) is 0 Å². The lowest BCUT2D eigenvalue weighted by atomic mass is 9.98. The molecule has 0 spiro atoms. The Hall–Kier alpha value is -1.92. The van der Waals surface area contributed by atoms with Gasteiger partial charge in [0.05, 0.1) is 11.7 Å². The highest BCUT2D eigenvalue weighted by Crippen LogP contribution is 2.25. The van der Waals surface area contributed by atoms with Crippen molar-refractivity contribution in [2.24, 2.45) is 0 Å². The highest BCUT2D eigenvalue weighted by Gasteiger charge is 2.20. The molecule has 6 nitrogen and oxygen atoms in total. The van der Waals surface area contributed by atoms with E-state index in [0.717, 1.165) is 0 Å². The van der Waals surface area contributed by atoms with E-state index in [1.807, 2.05) is 0 Å². The van der Waals surface area contributed by atoms with Crippen LogP contribution in [-0.4, -0.2) is 39.7 Å². The molecule has 2 unspecified atom stereocenters. The molecule has 0 aliphatic heterocycles. The van der Waals surface area contributed by atoms with Crippen molar-refractivity contribution in [3.63, 3.8) is 0 Å². The first-order chi connectivity index (χ1) is 9.32. The van der Waals surface area contributed by atoms with Gasteiger partial charge in [0, 0.05) is 13.5 Å². The molecule has 0 radical (unpaired) electrons. The highest BCUT2D eigenvalue weighted by molar-refractivity contribution is 5.96. The van der Waals surface area contributed by atoms with Crippen LogP contribution in [-0.2, 0) is 4.79 Å². The molecule has 0 aromatic heterocycles. The summed E-state index contributed by atoms with van der Waals surface area (Å²) in [6, 6.07) is 4.09. The largest absolute Gasteiger partial charge is 0.507 e. The first-order valence-corrected chi connectivity index (χ1v) is 6.27. The number of carbonyl (C=O) groups is 2. The third kappa shape index (κ3) is 4.32. The summed E-state index contributed by atoms with van der Waals surface area (Å²) >= 11 is 0. The van der Waals surface area contributed by atoms with Crippen LogP contribution in [0.25, 0.3) is 0 Å². The van der Waals surface area contributed by atoms with E-state index in [9.17, 15) is 24.9 Å². The average Bonchev–Trinajstić information content (AvgIpc) is 2.37. The molecular weight excluding hydrogens is 262 g/mol. The summed E-state index contributed by atoms with van der Waals surface area (Å²) in [4.78, 5) is 22.0. The summed E-state index contributed by atoms with van der Waals surface area (Å²) in [5, 5.41) is 31.9. The molecule has 4 N–H and O–H groups in total. The van der Waals surface area contributed by atoms with E-state index in [2.05, 4.69) is 5.32 Å². The number of carbonyl (C=O) groups excluding carboxylic acids is 2. The zero-order valence-corrected chi connectivity index (χ0v) is 11.5. The zero-order valence-electron chi connectivity index (χ0n) is 11.5. The summed E-state index contributed by atoms with van der Waals surface area (Å²) < 4.78 is 0. The smallest absolute Gasteiger partial charge is 0.216 e. The van der Waals surface area contributed by atoms with Gasteiger partial charge in [-0.3, -0.25) is 9.59 Å². The Morgan fingerprint density at radius 1 is 1.25 bits per heavy atom. The molecule has 6 heteroatoms. The van der Waals surface area contributed by atoms with Crippen molar-refractivity contribution in [2.45, 2.75) is 32.5 Å². The quantitative estimate of drug-likeness (QED) is 0.569. The monoisotopic (exact) mass is 281 g/mol. The molecule has 0 bridgehead atoms. The van der Waals surface area contributed by atoms with E-state index < -0.39 is 12.2 Å². The minimum absolute atomic E-state index is 0.0932. The van der Waals surface area contributed by atoms with Crippen molar-refractivity contribution in [3.05, 3.63) is 29.3 Å². The van der Waals surface area contributed by atoms with Gasteiger partial charge in [0.2, 0.25) is 5.91 Å². The number of aliphatic hydroxyl groups excluding tert-OH is 2. The maximum Gasteiger partial charge on any atom is 0.216 e. The number of aromatic hydroxyl groups is 1. The lowest BCUT2D eigenvalue weighted by Gasteiger charge is -2.19. The number of phenols is 1. The van der Waals surface area contributed by atoms with Gasteiger partial charge in [-0.25, -0.2) is 0 Å². The van der Waals surface area contributed by atoms with E-state index in [1.165, 1.54) is 32.0 Å². The SMILES string of the molecule is CC(=O)NCCC(O)C(O)c1ccc(O)c(C(C)=O)c1. The first-order valence-electron chi connectivity index (χ1n) is 6.27. The predicted octanol–water partition coefficient (Wildman–Crippen LogP) is 0.515. The van der Waals surface area contributed by atoms with E-state index in [-0.39, 0.29) is 36.0 Å². The lowest BCUT2D eigenvalue weighted by Crippen LogP contribution is -2.27. The van der Waals surface area contributed by atoms with Gasteiger partial charge < -0.3 is 20.6 Å². The van der Waals surface area contributed by atoms with Crippen LogP contribution in [0.4, 0.5) is 0 Å². The minimum atomic E-state index is -1.19. The Kier molecular flexibility index (Phi) is 5.66. The number of Topliss-reactive ketones (excluding diaryl/α,β-unsaturated/α-hetero) is 1. The Morgan fingerprint density at radius 3 is 2.45 bits per heavy atom. The summed E-state index contributed by atoms with van der Waals surface area (Å²) in [5.41, 5.74) is 0.430. The van der Waals surface area contributed by atoms with Crippen LogP contribution in [0.2, 0.25) is 0 Å². The van der Waals surface area contributed by atoms with Crippen LogP contribution in [0, 0.1) is 0 Å². The van der Waals surface area contributed by atoms with Crippen LogP contribution >= 0.6 is 0 Å². The lowest BCUT2D eigenvalue weighted by molar-refractivity contribution is -0.119. The Morgan fingerprint density at radius 2 is 1.90 bits per heavy atom. The summed E-state index contributed by atoms with van der Waals surface area (Å²) in [7, 11) is 0. The molecule has 0 heterocycles. The molecule has 1 rings (SSSR count). The van der Waals surface area contributed by atoms with Crippen molar-refractivity contribution < 1.29 is 24.9 Å². The number of rotatable bonds is 6. The van der Waals surface area contributed by atoms with Gasteiger partial charge in [-0.2, -0.15) is 0 Å². The van der Waals surface area contributed by atoms with Crippen LogP contribution in [0.15, 0.2) is 18.2 Å². The molecule has 1 aromatic carbocycles. The minimum Gasteiger partial charge on any atom is -0.507 e. The van der Waals surface area contributed by atoms with E-state index >= 15 is 0 Å². The second-order valence-electron chi connectivity index (χ2n) is 4.62. The molecule has 1 amide bonds. The molecule has 0 fully saturated rings. The number of amides is 1. The Bertz CT molecular complexity index is 500. The number of ketones is 1.